The van der Waals surface area contributed by atoms with Gasteiger partial charge in [0.1, 0.15) is 6.04 Å². The minimum Gasteiger partial charge on any atom is -0.449 e. The van der Waals surface area contributed by atoms with Crippen molar-refractivity contribution in [2.75, 3.05) is 22.1 Å². The highest BCUT2D eigenvalue weighted by Gasteiger charge is 2.36. The fourth-order valence-corrected chi connectivity index (χ4v) is 4.03. The molecule has 2 heterocycles. The smallest absolute Gasteiger partial charge is 0.338 e. The molecule has 30 heavy (non-hydrogen) atoms. The van der Waals surface area contributed by atoms with Crippen molar-refractivity contribution in [3.05, 3.63) is 53.1 Å². The van der Waals surface area contributed by atoms with E-state index >= 15 is 0 Å². The fourth-order valence-electron chi connectivity index (χ4n) is 4.03. The van der Waals surface area contributed by atoms with Crippen molar-refractivity contribution < 1.29 is 19.1 Å². The molecule has 2 aliphatic rings. The van der Waals surface area contributed by atoms with E-state index in [-0.39, 0.29) is 17.5 Å². The Balaban J connectivity index is 1.44. The highest BCUT2D eigenvalue weighted by molar-refractivity contribution is 6.06. The van der Waals surface area contributed by atoms with E-state index in [1.54, 1.807) is 12.1 Å². The molecule has 2 amide bonds. The lowest BCUT2D eigenvalue weighted by Crippen LogP contribution is -2.43. The summed E-state index contributed by atoms with van der Waals surface area (Å²) < 4.78 is 5.36. The topological polar surface area (TPSA) is 87.7 Å². The molecule has 2 atom stereocenters. The van der Waals surface area contributed by atoms with Crippen LogP contribution in [0.4, 0.5) is 17.1 Å². The molecule has 0 saturated carbocycles. The summed E-state index contributed by atoms with van der Waals surface area (Å²) in [6.07, 6.45) is 0.836. The molecule has 0 unspecified atom stereocenters. The summed E-state index contributed by atoms with van der Waals surface area (Å²) in [7, 11) is 0. The Labute approximate surface area is 175 Å². The zero-order valence-corrected chi connectivity index (χ0v) is 17.3. The number of esters is 1. The number of amides is 2. The number of ether oxygens (including phenoxy) is 1. The summed E-state index contributed by atoms with van der Waals surface area (Å²) >= 11 is 0. The van der Waals surface area contributed by atoms with E-state index in [0.29, 0.717) is 11.4 Å². The standard InChI is InChI=1S/C23H25N3O4/c1-13-6-8-17(14(2)11-13)24-21(27)15(3)30-23(29)16-7-9-19-18(12-16)25-22(28)20-5-4-10-26(19)20/h6-9,11-12,15,20H,4-5,10H2,1-3H3,(H,24,27)(H,25,28)/t15-,20+/m1/s1. The van der Waals surface area contributed by atoms with Gasteiger partial charge >= 0.3 is 5.97 Å². The van der Waals surface area contributed by atoms with Gasteiger partial charge in [-0.3, -0.25) is 9.59 Å². The van der Waals surface area contributed by atoms with E-state index in [9.17, 15) is 14.4 Å². The maximum atomic E-state index is 12.6. The Morgan fingerprint density at radius 3 is 2.77 bits per heavy atom. The van der Waals surface area contributed by atoms with Crippen LogP contribution >= 0.6 is 0 Å². The monoisotopic (exact) mass is 407 g/mol. The van der Waals surface area contributed by atoms with Crippen molar-refractivity contribution in [2.24, 2.45) is 0 Å². The molecule has 4 rings (SSSR count). The van der Waals surface area contributed by atoms with Gasteiger partial charge in [-0.2, -0.15) is 0 Å². The molecule has 2 aromatic rings. The number of carbonyl (C=O) groups is 3. The number of nitrogens with one attached hydrogen (secondary N) is 2. The minimum absolute atomic E-state index is 0.0493. The second-order valence-electron chi connectivity index (χ2n) is 7.93. The van der Waals surface area contributed by atoms with E-state index in [0.717, 1.165) is 36.2 Å². The maximum absolute atomic E-state index is 12.6. The zero-order chi connectivity index (χ0) is 21.4. The van der Waals surface area contributed by atoms with Crippen LogP contribution in [0.5, 0.6) is 0 Å². The highest BCUT2D eigenvalue weighted by Crippen LogP contribution is 2.37. The number of benzene rings is 2. The SMILES string of the molecule is Cc1ccc(NC(=O)[C@@H](C)OC(=O)c2ccc3c(c2)NC(=O)[C@@H]2CCCN32)c(C)c1. The van der Waals surface area contributed by atoms with Gasteiger partial charge in [0, 0.05) is 12.2 Å². The molecule has 0 aromatic heterocycles. The van der Waals surface area contributed by atoms with Crippen molar-refractivity contribution in [2.45, 2.75) is 45.8 Å². The normalized spacial score (nSPS) is 18.2. The van der Waals surface area contributed by atoms with Gasteiger partial charge in [0.2, 0.25) is 5.91 Å². The Kier molecular flexibility index (Phi) is 5.20. The summed E-state index contributed by atoms with van der Waals surface area (Å²) in [5.74, 6) is -1.06. The summed E-state index contributed by atoms with van der Waals surface area (Å²) in [6.45, 7) is 6.25. The zero-order valence-electron chi connectivity index (χ0n) is 17.3. The summed E-state index contributed by atoms with van der Waals surface area (Å²) in [6, 6.07) is 10.7. The molecule has 2 aromatic carbocycles. The molecule has 1 saturated heterocycles. The van der Waals surface area contributed by atoms with Gasteiger partial charge < -0.3 is 20.3 Å². The van der Waals surface area contributed by atoms with E-state index in [1.165, 1.54) is 6.92 Å². The molecule has 7 heteroatoms. The van der Waals surface area contributed by atoms with Gasteiger partial charge in [-0.25, -0.2) is 4.79 Å². The summed E-state index contributed by atoms with van der Waals surface area (Å²) in [4.78, 5) is 39.4. The van der Waals surface area contributed by atoms with Gasteiger partial charge in [0.15, 0.2) is 6.10 Å². The first kappa shape index (κ1) is 19.9. The average molecular weight is 407 g/mol. The third-order valence-electron chi connectivity index (χ3n) is 5.65. The number of rotatable bonds is 4. The summed E-state index contributed by atoms with van der Waals surface area (Å²) in [5, 5.41) is 5.67. The van der Waals surface area contributed by atoms with Crippen molar-refractivity contribution in [3.63, 3.8) is 0 Å². The molecule has 1 fully saturated rings. The maximum Gasteiger partial charge on any atom is 0.338 e. The van der Waals surface area contributed by atoms with Gasteiger partial charge in [-0.05, 0) is 63.4 Å². The Bertz CT molecular complexity index is 1030. The molecule has 2 aliphatic heterocycles. The molecule has 156 valence electrons. The Morgan fingerprint density at radius 2 is 2.00 bits per heavy atom. The van der Waals surface area contributed by atoms with E-state index in [4.69, 9.17) is 4.74 Å². The Hall–Kier alpha value is -3.35. The molecular formula is C23H25N3O4. The lowest BCUT2D eigenvalue weighted by Gasteiger charge is -2.33. The number of fused-ring (bicyclic) bond motifs is 3. The van der Waals surface area contributed by atoms with Crippen LogP contribution in [-0.4, -0.2) is 36.5 Å². The van der Waals surface area contributed by atoms with Crippen LogP contribution in [0, 0.1) is 13.8 Å². The van der Waals surface area contributed by atoms with Crippen LogP contribution in [0.15, 0.2) is 36.4 Å². The van der Waals surface area contributed by atoms with Gasteiger partial charge in [0.05, 0.1) is 16.9 Å². The first-order valence-electron chi connectivity index (χ1n) is 10.1. The predicted octanol–water partition coefficient (Wildman–Crippen LogP) is 3.41. The minimum atomic E-state index is -0.966. The number of carbonyl (C=O) groups excluding carboxylic acids is 3. The van der Waals surface area contributed by atoms with Crippen LogP contribution in [0.3, 0.4) is 0 Å². The number of hydrogen-bond acceptors (Lipinski definition) is 5. The number of aryl methyl sites for hydroxylation is 2. The first-order chi connectivity index (χ1) is 14.3. The molecular weight excluding hydrogens is 382 g/mol. The number of nitrogens with zero attached hydrogens (tertiary/aromatic N) is 1. The fraction of sp³-hybridized carbons (Fsp3) is 0.348. The molecule has 7 nitrogen and oxygen atoms in total. The molecule has 0 aliphatic carbocycles. The average Bonchev–Trinajstić information content (AvgIpc) is 3.20. The van der Waals surface area contributed by atoms with Gasteiger partial charge in [-0.15, -0.1) is 0 Å². The third kappa shape index (κ3) is 3.75. The first-order valence-corrected chi connectivity index (χ1v) is 10.1. The van der Waals surface area contributed by atoms with Gasteiger partial charge in [0.25, 0.3) is 5.91 Å². The van der Waals surface area contributed by atoms with Gasteiger partial charge in [-0.1, -0.05) is 17.7 Å². The molecule has 0 radical (unpaired) electrons. The lowest BCUT2D eigenvalue weighted by atomic mass is 10.1. The summed E-state index contributed by atoms with van der Waals surface area (Å²) in [5.41, 5.74) is 4.52. The predicted molar refractivity (Wildman–Crippen MR) is 115 cm³/mol. The van der Waals surface area contributed by atoms with E-state index in [1.807, 2.05) is 38.1 Å². The Morgan fingerprint density at radius 1 is 1.20 bits per heavy atom. The van der Waals surface area contributed by atoms with Crippen LogP contribution in [0.25, 0.3) is 0 Å². The lowest BCUT2D eigenvalue weighted by molar-refractivity contribution is -0.123. The van der Waals surface area contributed by atoms with Crippen molar-refractivity contribution in [1.82, 2.24) is 0 Å². The van der Waals surface area contributed by atoms with Crippen LogP contribution in [-0.2, 0) is 14.3 Å². The molecule has 0 bridgehead atoms. The quantitative estimate of drug-likeness (QED) is 0.759. The van der Waals surface area contributed by atoms with E-state index in [2.05, 4.69) is 15.5 Å². The largest absolute Gasteiger partial charge is 0.449 e. The van der Waals surface area contributed by atoms with Crippen molar-refractivity contribution >= 4 is 34.8 Å². The van der Waals surface area contributed by atoms with Crippen molar-refractivity contribution in [3.8, 4) is 0 Å². The third-order valence-corrected chi connectivity index (χ3v) is 5.65. The molecule has 2 N–H and O–H groups in total. The van der Waals surface area contributed by atoms with Crippen LogP contribution < -0.4 is 15.5 Å². The second kappa shape index (κ2) is 7.82. The van der Waals surface area contributed by atoms with Crippen molar-refractivity contribution in [1.29, 1.82) is 0 Å². The number of anilines is 3. The second-order valence-corrected chi connectivity index (χ2v) is 7.93. The molecule has 0 spiro atoms. The highest BCUT2D eigenvalue weighted by atomic mass is 16.5. The van der Waals surface area contributed by atoms with Crippen LogP contribution in [0.2, 0.25) is 0 Å². The number of hydrogen-bond donors (Lipinski definition) is 2. The van der Waals surface area contributed by atoms with E-state index < -0.39 is 18.0 Å². The van der Waals surface area contributed by atoms with Crippen LogP contribution in [0.1, 0.15) is 41.3 Å².